The Morgan fingerprint density at radius 3 is 2.26 bits per heavy atom. The van der Waals surface area contributed by atoms with Gasteiger partial charge in [0.2, 0.25) is 0 Å². The van der Waals surface area contributed by atoms with Gasteiger partial charge in [-0.2, -0.15) is 0 Å². The third-order valence-corrected chi connectivity index (χ3v) is 12.0. The molecule has 0 radical (unpaired) electrons. The summed E-state index contributed by atoms with van der Waals surface area (Å²) in [5.74, 6) is -4.49. The van der Waals surface area contributed by atoms with E-state index in [-0.39, 0.29) is 25.0 Å². The quantitative estimate of drug-likeness (QED) is 0.280. The molecule has 50 heavy (non-hydrogen) atoms. The normalized spacial score (nSPS) is 43.4. The minimum Gasteiger partial charge on any atom is -0.458 e. The van der Waals surface area contributed by atoms with Gasteiger partial charge in [-0.05, 0) is 72.5 Å². The molecule has 0 bridgehead atoms. The van der Waals surface area contributed by atoms with Gasteiger partial charge in [-0.3, -0.25) is 9.59 Å². The van der Waals surface area contributed by atoms with Gasteiger partial charge in [-0.1, -0.05) is 58.0 Å². The highest BCUT2D eigenvalue weighted by Crippen LogP contribution is 2.46. The van der Waals surface area contributed by atoms with Crippen LogP contribution in [0.3, 0.4) is 0 Å². The molecule has 0 saturated carbocycles. The molecule has 0 aliphatic carbocycles. The lowest BCUT2D eigenvalue weighted by molar-refractivity contribution is -0.296. The monoisotopic (exact) mass is 704 g/mol. The number of Topliss-reactive ketones (excluding diaryl/α,β-unsaturated/α-hetero) is 1. The number of aliphatic hydroxyl groups is 2. The number of alkyl carbamates (subject to hydrolysis) is 1. The first-order valence-electron chi connectivity index (χ1n) is 18.0. The fourth-order valence-corrected chi connectivity index (χ4v) is 8.64. The first-order valence-corrected chi connectivity index (χ1v) is 18.0. The molecule has 1 amide bonds. The number of cyclic esters (lactones) is 1. The van der Waals surface area contributed by atoms with Crippen LogP contribution in [0.15, 0.2) is 30.3 Å². The number of ketones is 1. The molecule has 3 aliphatic heterocycles. The molecule has 3 fully saturated rings. The predicted octanol–water partition coefficient (Wildman–Crippen LogP) is 3.88. The van der Waals surface area contributed by atoms with E-state index in [9.17, 15) is 24.6 Å². The van der Waals surface area contributed by atoms with Gasteiger partial charge in [0.05, 0.1) is 29.5 Å². The molecule has 4 rings (SSSR count). The number of aliphatic hydroxyl groups excluding tert-OH is 1. The highest BCUT2D eigenvalue weighted by molar-refractivity contribution is 6.00. The van der Waals surface area contributed by atoms with E-state index >= 15 is 0 Å². The molecule has 14 atom stereocenters. The first kappa shape index (κ1) is 40.2. The Labute approximate surface area is 297 Å². The van der Waals surface area contributed by atoms with Crippen LogP contribution in [-0.2, 0) is 39.7 Å². The number of hydrogen-bond donors (Lipinski definition) is 3. The van der Waals surface area contributed by atoms with Crippen molar-refractivity contribution < 1.29 is 48.3 Å². The number of ether oxygens (including phenoxy) is 5. The van der Waals surface area contributed by atoms with Crippen LogP contribution in [0.2, 0.25) is 0 Å². The Morgan fingerprint density at radius 1 is 1.04 bits per heavy atom. The van der Waals surface area contributed by atoms with Gasteiger partial charge < -0.3 is 44.1 Å². The standard InChI is InChI=1S/C38H60N2O10/c1-12-28-37(8)31(39-35(44)50-37)25(6)38(45,20-26-16-14-13-15-17-26)21(2)19-36(7,46-11)32(23(4)29(41)24(5)33(43)48-28)49-34-30(42)27(40(9)10)18-22(3)47-34/h13-17,21-25,27-28,30-32,34,42,45H,12,18-20H2,1-11H3,(H,39,44)/t21-,22-,23+,24-,25-,27+,28-,30-,31+,32-,34+,36-,37-,38+/m1/s1. The van der Waals surface area contributed by atoms with Gasteiger partial charge in [-0.25, -0.2) is 4.79 Å². The lowest BCUT2D eigenvalue weighted by Gasteiger charge is -2.50. The van der Waals surface area contributed by atoms with Gasteiger partial charge in [0.15, 0.2) is 17.7 Å². The highest BCUT2D eigenvalue weighted by Gasteiger charge is 2.60. The second kappa shape index (κ2) is 15.6. The van der Waals surface area contributed by atoms with E-state index in [2.05, 4.69) is 5.32 Å². The molecule has 1 aromatic rings. The van der Waals surface area contributed by atoms with Crippen LogP contribution >= 0.6 is 0 Å². The largest absolute Gasteiger partial charge is 0.458 e. The summed E-state index contributed by atoms with van der Waals surface area (Å²) in [6, 6.07) is 8.56. The summed E-state index contributed by atoms with van der Waals surface area (Å²) in [5, 5.41) is 27.4. The van der Waals surface area contributed by atoms with Crippen LogP contribution in [0.25, 0.3) is 0 Å². The summed E-state index contributed by atoms with van der Waals surface area (Å²) in [4.78, 5) is 42.9. The van der Waals surface area contributed by atoms with Crippen molar-refractivity contribution in [2.45, 2.75) is 141 Å². The van der Waals surface area contributed by atoms with Crippen LogP contribution in [0, 0.1) is 23.7 Å². The third-order valence-electron chi connectivity index (χ3n) is 12.0. The second-order valence-corrected chi connectivity index (χ2v) is 15.6. The molecule has 0 unspecified atom stereocenters. The van der Waals surface area contributed by atoms with Crippen LogP contribution < -0.4 is 5.32 Å². The molecular weight excluding hydrogens is 644 g/mol. The molecule has 3 heterocycles. The minimum absolute atomic E-state index is 0.198. The van der Waals surface area contributed by atoms with Crippen molar-refractivity contribution in [3.05, 3.63) is 35.9 Å². The number of carbonyl (C=O) groups excluding carboxylic acids is 3. The van der Waals surface area contributed by atoms with E-state index < -0.39 is 89.0 Å². The van der Waals surface area contributed by atoms with Crippen LogP contribution in [0.5, 0.6) is 0 Å². The van der Waals surface area contributed by atoms with Crippen LogP contribution in [-0.4, -0.2) is 114 Å². The molecule has 3 N–H and O–H groups in total. The summed E-state index contributed by atoms with van der Waals surface area (Å²) >= 11 is 0. The van der Waals surface area contributed by atoms with Crippen LogP contribution in [0.1, 0.15) is 80.2 Å². The fourth-order valence-electron chi connectivity index (χ4n) is 8.64. The summed E-state index contributed by atoms with van der Waals surface area (Å²) < 4.78 is 31.0. The Bertz CT molecular complexity index is 1350. The first-order chi connectivity index (χ1) is 23.3. The topological polar surface area (TPSA) is 153 Å². The van der Waals surface area contributed by atoms with Crippen molar-refractivity contribution in [3.63, 3.8) is 0 Å². The zero-order valence-electron chi connectivity index (χ0n) is 31.7. The number of hydrogen-bond acceptors (Lipinski definition) is 11. The van der Waals surface area contributed by atoms with E-state index in [1.807, 2.05) is 83.9 Å². The SMILES string of the molecule is CC[C@H]1OC(=O)[C@H](C)C(=O)[C@H](C)[C@@H](O[C@@H]2O[C@H](C)C[C@H](N(C)C)[C@H]2O)[C@](C)(OC)C[C@@H](C)[C@@](O)(Cc2ccccc2)[C@H](C)[C@@H]2NC(=O)O[C@]12C. The molecule has 3 saturated heterocycles. The maximum Gasteiger partial charge on any atom is 0.408 e. The molecule has 0 aromatic heterocycles. The molecule has 0 spiro atoms. The molecular formula is C38H60N2O10. The predicted molar refractivity (Wildman–Crippen MR) is 186 cm³/mol. The Morgan fingerprint density at radius 2 is 1.68 bits per heavy atom. The number of rotatable bonds is 7. The highest BCUT2D eigenvalue weighted by atomic mass is 16.7. The number of esters is 1. The van der Waals surface area contributed by atoms with Crippen molar-refractivity contribution in [3.8, 4) is 0 Å². The van der Waals surface area contributed by atoms with Crippen molar-refractivity contribution in [1.82, 2.24) is 10.2 Å². The summed E-state index contributed by atoms with van der Waals surface area (Å²) in [6.45, 7) is 14.2. The fraction of sp³-hybridized carbons (Fsp3) is 0.763. The van der Waals surface area contributed by atoms with Crippen molar-refractivity contribution >= 4 is 17.8 Å². The second-order valence-electron chi connectivity index (χ2n) is 15.6. The van der Waals surface area contributed by atoms with E-state index in [1.165, 1.54) is 14.0 Å². The van der Waals surface area contributed by atoms with Crippen molar-refractivity contribution in [2.24, 2.45) is 23.7 Å². The van der Waals surface area contributed by atoms with Crippen molar-refractivity contribution in [2.75, 3.05) is 21.2 Å². The maximum atomic E-state index is 14.3. The molecule has 3 aliphatic rings. The lowest BCUT2D eigenvalue weighted by atomic mass is 9.64. The number of amides is 1. The van der Waals surface area contributed by atoms with Gasteiger partial charge in [0, 0.05) is 31.4 Å². The number of methoxy groups -OCH3 is 1. The number of fused-ring (bicyclic) bond motifs is 1. The minimum atomic E-state index is -1.49. The van der Waals surface area contributed by atoms with Crippen molar-refractivity contribution in [1.29, 1.82) is 0 Å². The molecule has 282 valence electrons. The smallest absolute Gasteiger partial charge is 0.408 e. The molecule has 12 nitrogen and oxygen atoms in total. The Kier molecular flexibility index (Phi) is 12.5. The lowest BCUT2D eigenvalue weighted by Crippen LogP contribution is -2.63. The Balaban J connectivity index is 1.88. The van der Waals surface area contributed by atoms with Gasteiger partial charge in [-0.15, -0.1) is 0 Å². The van der Waals surface area contributed by atoms with E-state index in [1.54, 1.807) is 13.8 Å². The summed E-state index contributed by atoms with van der Waals surface area (Å²) in [7, 11) is 5.29. The third kappa shape index (κ3) is 7.76. The summed E-state index contributed by atoms with van der Waals surface area (Å²) in [5.41, 5.74) is -3.20. The zero-order chi connectivity index (χ0) is 37.3. The molecule has 1 aromatic carbocycles. The molecule has 12 heteroatoms. The number of carbonyl (C=O) groups is 3. The maximum absolute atomic E-state index is 14.3. The van der Waals surface area contributed by atoms with Gasteiger partial charge in [0.25, 0.3) is 0 Å². The average molecular weight is 705 g/mol. The number of benzene rings is 1. The number of nitrogens with zero attached hydrogens (tertiary/aromatic N) is 1. The summed E-state index contributed by atoms with van der Waals surface area (Å²) in [6.07, 6.45) is -3.72. The zero-order valence-corrected chi connectivity index (χ0v) is 31.7. The average Bonchev–Trinajstić information content (AvgIpc) is 3.39. The number of likely N-dealkylation sites (N-methyl/N-ethyl adjacent to an activating group) is 1. The van der Waals surface area contributed by atoms with Gasteiger partial charge >= 0.3 is 12.1 Å². The van der Waals surface area contributed by atoms with E-state index in [0.717, 1.165) is 5.56 Å². The van der Waals surface area contributed by atoms with Gasteiger partial charge in [0.1, 0.15) is 18.1 Å². The Hall–Kier alpha value is -2.61. The van der Waals surface area contributed by atoms with E-state index in [4.69, 9.17) is 23.7 Å². The van der Waals surface area contributed by atoms with E-state index in [0.29, 0.717) is 12.8 Å². The number of nitrogens with one attached hydrogen (secondary N) is 1. The van der Waals surface area contributed by atoms with Crippen LogP contribution in [0.4, 0.5) is 4.79 Å².